The average molecular weight is 633 g/mol. The Morgan fingerprint density at radius 1 is 0.860 bits per heavy atom. The molecule has 0 aliphatic carbocycles. The topological polar surface area (TPSA) is 283 Å². The van der Waals surface area contributed by atoms with Crippen LogP contribution < -0.4 is 48.7 Å². The first-order valence-corrected chi connectivity index (χ1v) is 14.5. The van der Waals surface area contributed by atoms with Gasteiger partial charge < -0.3 is 53.8 Å². The zero-order chi connectivity index (χ0) is 33.2. The first-order valence-electron chi connectivity index (χ1n) is 13.9. The Kier molecular flexibility index (Phi) is 18.6. The van der Waals surface area contributed by atoms with Crippen LogP contribution in [0.15, 0.2) is 0 Å². The summed E-state index contributed by atoms with van der Waals surface area (Å²) in [5.74, 6) is -5.61. The highest BCUT2D eigenvalue weighted by Crippen LogP contribution is 2.09. The Morgan fingerprint density at radius 2 is 1.49 bits per heavy atom. The molecule has 17 nitrogen and oxygen atoms in total. The van der Waals surface area contributed by atoms with Crippen molar-refractivity contribution in [2.45, 2.75) is 82.1 Å². The first kappa shape index (κ1) is 39.4. The molecular formula is C25H48N10O7S. The van der Waals surface area contributed by atoms with E-state index in [0.717, 1.165) is 13.0 Å². The van der Waals surface area contributed by atoms with Crippen molar-refractivity contribution in [2.75, 3.05) is 32.9 Å². The Hall–Kier alpha value is -3.64. The highest BCUT2D eigenvalue weighted by Gasteiger charge is 2.36. The quantitative estimate of drug-likeness (QED) is 0.0255. The van der Waals surface area contributed by atoms with Gasteiger partial charge in [0, 0.05) is 19.3 Å². The van der Waals surface area contributed by atoms with Crippen LogP contribution in [0, 0.1) is 5.41 Å². The lowest BCUT2D eigenvalue weighted by atomic mass is 10.0. The number of guanidine groups is 1. The predicted octanol–water partition coefficient (Wildman–Crippen LogP) is -3.53. The summed E-state index contributed by atoms with van der Waals surface area (Å²) in [6.07, 6.45) is 1.77. The molecule has 5 amide bonds. The van der Waals surface area contributed by atoms with Crippen molar-refractivity contribution in [3.8, 4) is 0 Å². The molecule has 0 heterocycles. The van der Waals surface area contributed by atoms with E-state index >= 15 is 0 Å². The van der Waals surface area contributed by atoms with Gasteiger partial charge in [0.1, 0.15) is 23.7 Å². The lowest BCUT2D eigenvalue weighted by molar-refractivity contribution is -0.142. The number of carbonyl (C=O) groups excluding carboxylic acids is 5. The van der Waals surface area contributed by atoms with Gasteiger partial charge in [-0.1, -0.05) is 6.42 Å². The van der Waals surface area contributed by atoms with Crippen molar-refractivity contribution < 1.29 is 33.9 Å². The number of hydrogen-bond acceptors (Lipinski definition) is 10. The number of nitrogens with one attached hydrogen (secondary N) is 8. The lowest BCUT2D eigenvalue weighted by Crippen LogP contribution is -2.63. The molecule has 0 saturated carbocycles. The summed E-state index contributed by atoms with van der Waals surface area (Å²) < 4.78 is 0. The summed E-state index contributed by atoms with van der Waals surface area (Å²) >= 11 is 3.87. The van der Waals surface area contributed by atoms with Crippen molar-refractivity contribution >= 4 is 54.1 Å². The molecule has 0 bridgehead atoms. The second kappa shape index (κ2) is 20.3. The maximum absolute atomic E-state index is 13.3. The minimum atomic E-state index is -1.66. The van der Waals surface area contributed by atoms with Gasteiger partial charge in [0.15, 0.2) is 5.96 Å². The van der Waals surface area contributed by atoms with Gasteiger partial charge in [0.2, 0.25) is 29.5 Å². The lowest BCUT2D eigenvalue weighted by Gasteiger charge is -2.30. The predicted molar refractivity (Wildman–Crippen MR) is 163 cm³/mol. The van der Waals surface area contributed by atoms with E-state index in [2.05, 4.69) is 49.8 Å². The maximum atomic E-state index is 13.3. The second-order valence-corrected chi connectivity index (χ2v) is 10.7. The van der Waals surface area contributed by atoms with Crippen LogP contribution in [-0.4, -0.2) is 109 Å². The summed E-state index contributed by atoms with van der Waals surface area (Å²) in [5.41, 5.74) is 9.58. The Labute approximate surface area is 257 Å². The molecule has 0 aliphatic heterocycles. The van der Waals surface area contributed by atoms with Crippen LogP contribution in [0.2, 0.25) is 0 Å². The van der Waals surface area contributed by atoms with E-state index in [9.17, 15) is 33.9 Å². The van der Waals surface area contributed by atoms with E-state index in [4.69, 9.17) is 16.9 Å². The Morgan fingerprint density at radius 3 is 2.02 bits per heavy atom. The molecule has 0 radical (unpaired) electrons. The monoisotopic (exact) mass is 632 g/mol. The van der Waals surface area contributed by atoms with Crippen molar-refractivity contribution in [2.24, 2.45) is 11.5 Å². The number of carboxylic acids is 1. The van der Waals surface area contributed by atoms with Gasteiger partial charge in [-0.15, -0.1) is 0 Å². The third-order valence-electron chi connectivity index (χ3n) is 6.21. The zero-order valence-corrected chi connectivity index (χ0v) is 26.1. The Balaban J connectivity index is 5.63. The number of carbonyl (C=O) groups is 6. The molecule has 0 unspecified atom stereocenters. The van der Waals surface area contributed by atoms with Crippen molar-refractivity contribution in [1.29, 1.82) is 5.41 Å². The van der Waals surface area contributed by atoms with Gasteiger partial charge in [0.25, 0.3) is 0 Å². The highest BCUT2D eigenvalue weighted by molar-refractivity contribution is 7.80. The fraction of sp³-hybridized carbons (Fsp3) is 0.720. The van der Waals surface area contributed by atoms with Crippen LogP contribution in [-0.2, 0) is 28.8 Å². The summed E-state index contributed by atoms with van der Waals surface area (Å²) in [7, 11) is 3.38. The van der Waals surface area contributed by atoms with E-state index in [1.54, 1.807) is 7.05 Å². The molecule has 4 atom stereocenters. The molecule has 43 heavy (non-hydrogen) atoms. The number of unbranched alkanes of at least 4 members (excludes halogenated alkanes) is 1. The molecule has 0 aromatic carbocycles. The van der Waals surface area contributed by atoms with Crippen molar-refractivity contribution in [1.82, 2.24) is 37.2 Å². The van der Waals surface area contributed by atoms with Crippen molar-refractivity contribution in [3.05, 3.63) is 0 Å². The van der Waals surface area contributed by atoms with Crippen LogP contribution in [0.25, 0.3) is 0 Å². The number of primary amides is 1. The van der Waals surface area contributed by atoms with E-state index in [-0.39, 0.29) is 18.1 Å². The van der Waals surface area contributed by atoms with E-state index in [1.165, 1.54) is 13.8 Å². The molecule has 0 aliphatic rings. The van der Waals surface area contributed by atoms with Crippen LogP contribution in [0.3, 0.4) is 0 Å². The van der Waals surface area contributed by atoms with Gasteiger partial charge >= 0.3 is 5.97 Å². The number of hydrogen-bond donors (Lipinski definition) is 12. The fourth-order valence-corrected chi connectivity index (χ4v) is 3.86. The third kappa shape index (κ3) is 16.0. The molecule has 0 aromatic rings. The molecule has 0 rings (SSSR count). The summed E-state index contributed by atoms with van der Waals surface area (Å²) in [4.78, 5) is 74.7. The SMILES string of the molecule is CNCCCC[C@H](N)C(=O)N[C@@H](CCCNC(=N)NC)C(=O)NC(C)(C)C(=O)N[C@@H](CC(N)=O)C(=O)N[C@@H](CS)C(=O)O. The largest absolute Gasteiger partial charge is 0.480 e. The van der Waals surface area contributed by atoms with Crippen molar-refractivity contribution in [3.63, 3.8) is 0 Å². The molecule has 246 valence electrons. The van der Waals surface area contributed by atoms with E-state index in [0.29, 0.717) is 25.8 Å². The van der Waals surface area contributed by atoms with Gasteiger partial charge in [0.05, 0.1) is 12.5 Å². The molecular weight excluding hydrogens is 584 g/mol. The molecule has 13 N–H and O–H groups in total. The minimum Gasteiger partial charge on any atom is -0.480 e. The molecule has 0 saturated heterocycles. The van der Waals surface area contributed by atoms with Gasteiger partial charge in [-0.25, -0.2) is 4.79 Å². The van der Waals surface area contributed by atoms with Gasteiger partial charge in [-0.2, -0.15) is 12.6 Å². The fourth-order valence-electron chi connectivity index (χ4n) is 3.61. The van der Waals surface area contributed by atoms with Crippen LogP contribution in [0.4, 0.5) is 0 Å². The number of aliphatic carboxylic acids is 1. The van der Waals surface area contributed by atoms with E-state index < -0.39 is 71.6 Å². The van der Waals surface area contributed by atoms with Gasteiger partial charge in [-0.05, 0) is 53.1 Å². The Bertz CT molecular complexity index is 982. The standard InChI is InChI=1S/C25H48N10O7S/c1-25(2,23(42)34-16(12-18(27)36)20(38)33-17(13-43)22(40)41)35-21(39)15(9-7-11-31-24(28)30-4)32-19(37)14(26)8-5-6-10-29-3/h14-17,29,43H,5-13,26H2,1-4H3,(H2,27,36)(H,32,37)(H,33,38)(H,34,42)(H,35,39)(H,40,41)(H3,28,30,31)/t14-,15-,16-,17-/m0/s1. The smallest absolute Gasteiger partial charge is 0.327 e. The molecule has 0 fully saturated rings. The minimum absolute atomic E-state index is 0.0741. The normalized spacial score (nSPS) is 13.8. The maximum Gasteiger partial charge on any atom is 0.327 e. The first-order chi connectivity index (χ1) is 20.1. The van der Waals surface area contributed by atoms with Gasteiger partial charge in [-0.3, -0.25) is 29.4 Å². The highest BCUT2D eigenvalue weighted by atomic mass is 32.1. The number of rotatable bonds is 21. The number of amides is 5. The summed E-state index contributed by atoms with van der Waals surface area (Å²) in [5, 5.41) is 34.9. The molecule has 18 heteroatoms. The molecule has 0 aromatic heterocycles. The number of thiol groups is 1. The number of carboxylic acid groups (broad SMARTS) is 1. The molecule has 0 spiro atoms. The van der Waals surface area contributed by atoms with Crippen LogP contribution >= 0.6 is 12.6 Å². The van der Waals surface area contributed by atoms with Crippen LogP contribution in [0.5, 0.6) is 0 Å². The summed E-state index contributed by atoms with van der Waals surface area (Å²) in [6.45, 7) is 3.76. The second-order valence-electron chi connectivity index (χ2n) is 10.4. The third-order valence-corrected chi connectivity index (χ3v) is 6.58. The van der Waals surface area contributed by atoms with E-state index in [1.807, 2.05) is 7.05 Å². The average Bonchev–Trinajstić information content (AvgIpc) is 2.93. The number of nitrogens with two attached hydrogens (primary N) is 2. The van der Waals surface area contributed by atoms with Crippen LogP contribution in [0.1, 0.15) is 52.4 Å². The summed E-state index contributed by atoms with van der Waals surface area (Å²) in [6, 6.07) is -4.88. The zero-order valence-electron chi connectivity index (χ0n) is 25.2.